The smallest absolute Gasteiger partial charge is 0.305 e. The Morgan fingerprint density at radius 2 is 1.48 bits per heavy atom. The quantitative estimate of drug-likeness (QED) is 0.354. The summed E-state index contributed by atoms with van der Waals surface area (Å²) in [7, 11) is 0. The highest BCUT2D eigenvalue weighted by molar-refractivity contribution is 9.10. The number of hydrogen-bond acceptors (Lipinski definition) is 5. The van der Waals surface area contributed by atoms with E-state index < -0.39 is 12.1 Å². The Morgan fingerprint density at radius 3 is 2.06 bits per heavy atom. The minimum atomic E-state index is -0.830. The lowest BCUT2D eigenvalue weighted by molar-refractivity contribution is -0.138. The molecule has 4 rings (SSSR count). The Hall–Kier alpha value is -1.49. The second-order valence-corrected chi connectivity index (χ2v) is 10.3. The van der Waals surface area contributed by atoms with Crippen molar-refractivity contribution < 1.29 is 19.7 Å². The van der Waals surface area contributed by atoms with Crippen LogP contribution < -0.4 is 0 Å². The Kier molecular flexibility index (Phi) is 8.43. The number of hydrogen-bond donors (Lipinski definition) is 2. The lowest BCUT2D eigenvalue weighted by Crippen LogP contribution is -2.49. The molecule has 2 N–H and O–H groups in total. The van der Waals surface area contributed by atoms with Gasteiger partial charge >= 0.3 is 5.97 Å². The first kappa shape index (κ1) is 24.6. The van der Waals surface area contributed by atoms with Gasteiger partial charge in [-0.3, -0.25) is 14.6 Å². The summed E-state index contributed by atoms with van der Waals surface area (Å²) in [6.07, 6.45) is -0.423. The van der Waals surface area contributed by atoms with Crippen LogP contribution in [0.15, 0.2) is 45.3 Å². The fourth-order valence-corrected chi connectivity index (χ4v) is 5.18. The third-order valence-electron chi connectivity index (χ3n) is 6.13. The molecule has 2 aromatic carbocycles. The molecular weight excluding hydrogens is 554 g/mol. The summed E-state index contributed by atoms with van der Waals surface area (Å²) in [6.45, 7) is 6.45. The van der Waals surface area contributed by atoms with Crippen LogP contribution in [-0.4, -0.2) is 89.1 Å². The number of nitrogens with zero attached hydrogens (tertiary/aromatic N) is 3. The number of rotatable bonds is 10. The van der Waals surface area contributed by atoms with Crippen LogP contribution >= 0.6 is 31.9 Å². The predicted molar refractivity (Wildman–Crippen MR) is 137 cm³/mol. The standard InChI is InChI=1S/C24H29Br2N3O4/c25-17-1-3-22-20(13-17)21-14-18(26)2-4-23(21)29(22)16-19(30)15-28-8-6-27(7-9-28)10-12-33-11-5-24(31)32/h1-4,13-14,19,30H,5-12,15-16H2,(H,31,32). The molecule has 33 heavy (non-hydrogen) atoms. The average Bonchev–Trinajstić information content (AvgIpc) is 3.06. The highest BCUT2D eigenvalue weighted by Gasteiger charge is 2.21. The fourth-order valence-electron chi connectivity index (χ4n) is 4.46. The van der Waals surface area contributed by atoms with Crippen molar-refractivity contribution in [2.24, 2.45) is 0 Å². The molecule has 0 amide bonds. The molecule has 2 heterocycles. The number of carbonyl (C=O) groups is 1. The lowest BCUT2D eigenvalue weighted by Gasteiger charge is -2.35. The van der Waals surface area contributed by atoms with E-state index in [9.17, 15) is 9.90 Å². The molecule has 178 valence electrons. The highest BCUT2D eigenvalue weighted by Crippen LogP contribution is 2.33. The van der Waals surface area contributed by atoms with Crippen LogP contribution in [0.3, 0.4) is 0 Å². The summed E-state index contributed by atoms with van der Waals surface area (Å²) in [5.41, 5.74) is 2.25. The zero-order valence-corrected chi connectivity index (χ0v) is 21.6. The molecule has 7 nitrogen and oxygen atoms in total. The van der Waals surface area contributed by atoms with E-state index in [2.05, 4.69) is 70.5 Å². The molecule has 1 aromatic heterocycles. The van der Waals surface area contributed by atoms with Crippen molar-refractivity contribution in [3.05, 3.63) is 45.3 Å². The van der Waals surface area contributed by atoms with Gasteiger partial charge in [0.15, 0.2) is 0 Å². The summed E-state index contributed by atoms with van der Waals surface area (Å²) in [6, 6.07) is 12.6. The number of carboxylic acid groups (broad SMARTS) is 1. The second kappa shape index (κ2) is 11.3. The number of aliphatic carboxylic acids is 1. The van der Waals surface area contributed by atoms with Gasteiger partial charge in [-0.2, -0.15) is 0 Å². The number of halogens is 2. The van der Waals surface area contributed by atoms with E-state index in [0.717, 1.165) is 52.7 Å². The number of piperazine rings is 1. The first-order valence-electron chi connectivity index (χ1n) is 11.2. The second-order valence-electron chi connectivity index (χ2n) is 8.49. The molecule has 0 spiro atoms. The van der Waals surface area contributed by atoms with Crippen molar-refractivity contribution in [2.45, 2.75) is 19.1 Å². The third kappa shape index (κ3) is 6.35. The number of β-amino-alcohol motifs (C(OH)–C–C–N with tert-alkyl or cyclic N) is 1. The van der Waals surface area contributed by atoms with Gasteiger partial charge in [0.1, 0.15) is 0 Å². The number of aliphatic hydroxyl groups excluding tert-OH is 1. The maximum atomic E-state index is 10.9. The van der Waals surface area contributed by atoms with Crippen LogP contribution in [0.5, 0.6) is 0 Å². The molecule has 9 heteroatoms. The van der Waals surface area contributed by atoms with Crippen molar-refractivity contribution >= 4 is 59.6 Å². The topological polar surface area (TPSA) is 78.2 Å². The molecule has 1 aliphatic heterocycles. The SMILES string of the molecule is O=C(O)CCOCCN1CCN(CC(O)Cn2c3ccc(Br)cc3c3cc(Br)ccc32)CC1. The monoisotopic (exact) mass is 581 g/mol. The normalized spacial score (nSPS) is 16.6. The number of aromatic nitrogens is 1. The van der Waals surface area contributed by atoms with Crippen LogP contribution in [0.1, 0.15) is 6.42 Å². The van der Waals surface area contributed by atoms with Crippen LogP contribution in [0.2, 0.25) is 0 Å². The largest absolute Gasteiger partial charge is 0.481 e. The van der Waals surface area contributed by atoms with Gasteiger partial charge in [0.25, 0.3) is 0 Å². The summed E-state index contributed by atoms with van der Waals surface area (Å²) >= 11 is 7.17. The van der Waals surface area contributed by atoms with Crippen LogP contribution in [0.4, 0.5) is 0 Å². The van der Waals surface area contributed by atoms with Crippen molar-refractivity contribution in [1.29, 1.82) is 0 Å². The van der Waals surface area contributed by atoms with Gasteiger partial charge in [0.2, 0.25) is 0 Å². The Labute approximate surface area is 210 Å². The molecule has 0 saturated carbocycles. The maximum Gasteiger partial charge on any atom is 0.305 e. The first-order chi connectivity index (χ1) is 15.9. The van der Waals surface area contributed by atoms with E-state index in [0.29, 0.717) is 19.7 Å². The minimum Gasteiger partial charge on any atom is -0.481 e. The fraction of sp³-hybridized carbons (Fsp3) is 0.458. The van der Waals surface area contributed by atoms with Crippen molar-refractivity contribution in [3.8, 4) is 0 Å². The summed E-state index contributed by atoms with van der Waals surface area (Å²) in [5, 5.41) is 21.9. The van der Waals surface area contributed by atoms with E-state index in [1.807, 2.05) is 12.1 Å². The molecule has 1 saturated heterocycles. The molecule has 0 radical (unpaired) electrons. The number of carboxylic acids is 1. The van der Waals surface area contributed by atoms with Crippen molar-refractivity contribution in [3.63, 3.8) is 0 Å². The van der Waals surface area contributed by atoms with Gasteiger partial charge in [0.05, 0.1) is 32.3 Å². The van der Waals surface area contributed by atoms with Gasteiger partial charge in [0, 0.05) is 70.0 Å². The van der Waals surface area contributed by atoms with E-state index in [-0.39, 0.29) is 13.0 Å². The van der Waals surface area contributed by atoms with E-state index in [4.69, 9.17) is 9.84 Å². The predicted octanol–water partition coefficient (Wildman–Crippen LogP) is 3.79. The Balaban J connectivity index is 1.32. The van der Waals surface area contributed by atoms with E-state index in [1.54, 1.807) is 0 Å². The zero-order chi connectivity index (χ0) is 23.4. The van der Waals surface area contributed by atoms with E-state index >= 15 is 0 Å². The molecule has 1 atom stereocenters. The summed E-state index contributed by atoms with van der Waals surface area (Å²) in [4.78, 5) is 15.2. The molecule has 0 aliphatic carbocycles. The number of fused-ring (bicyclic) bond motifs is 3. The Bertz CT molecular complexity index is 1050. The van der Waals surface area contributed by atoms with Crippen LogP contribution in [0, 0.1) is 0 Å². The number of ether oxygens (including phenoxy) is 1. The van der Waals surface area contributed by atoms with Gasteiger partial charge in [-0.1, -0.05) is 31.9 Å². The lowest BCUT2D eigenvalue weighted by atomic mass is 10.2. The third-order valence-corrected chi connectivity index (χ3v) is 7.11. The van der Waals surface area contributed by atoms with E-state index in [1.165, 1.54) is 10.8 Å². The molecule has 3 aromatic rings. The van der Waals surface area contributed by atoms with Crippen molar-refractivity contribution in [1.82, 2.24) is 14.4 Å². The summed E-state index contributed by atoms with van der Waals surface area (Å²) < 4.78 is 9.70. The molecule has 1 unspecified atom stereocenters. The van der Waals surface area contributed by atoms with Gasteiger partial charge in [-0.25, -0.2) is 0 Å². The van der Waals surface area contributed by atoms with Crippen LogP contribution in [-0.2, 0) is 16.1 Å². The Morgan fingerprint density at radius 1 is 0.909 bits per heavy atom. The van der Waals surface area contributed by atoms with Crippen molar-refractivity contribution in [2.75, 3.05) is 52.5 Å². The number of aliphatic hydroxyl groups is 1. The highest BCUT2D eigenvalue weighted by atomic mass is 79.9. The molecular formula is C24H29Br2N3O4. The minimum absolute atomic E-state index is 0.0478. The summed E-state index contributed by atoms with van der Waals surface area (Å²) in [5.74, 6) is -0.830. The van der Waals surface area contributed by atoms with Gasteiger partial charge in [-0.15, -0.1) is 0 Å². The first-order valence-corrected chi connectivity index (χ1v) is 12.8. The zero-order valence-electron chi connectivity index (χ0n) is 18.4. The average molecular weight is 583 g/mol. The molecule has 1 aliphatic rings. The number of benzene rings is 2. The maximum absolute atomic E-state index is 10.9. The molecule has 0 bridgehead atoms. The van der Waals surface area contributed by atoms with Crippen LogP contribution in [0.25, 0.3) is 21.8 Å². The van der Waals surface area contributed by atoms with Gasteiger partial charge < -0.3 is 19.5 Å². The molecule has 1 fully saturated rings. The van der Waals surface area contributed by atoms with Gasteiger partial charge in [-0.05, 0) is 36.4 Å².